The summed E-state index contributed by atoms with van der Waals surface area (Å²) in [4.78, 5) is 18.1. The molecule has 0 saturated heterocycles. The number of thiazole rings is 1. The van der Waals surface area contributed by atoms with E-state index in [1.807, 2.05) is 0 Å². The van der Waals surface area contributed by atoms with E-state index in [0.29, 0.717) is 10.5 Å². The van der Waals surface area contributed by atoms with E-state index in [9.17, 15) is 31.1 Å². The van der Waals surface area contributed by atoms with Crippen molar-refractivity contribution in [2.24, 2.45) is 0 Å². The minimum absolute atomic E-state index is 0.0691. The van der Waals surface area contributed by atoms with Crippen LogP contribution in [0.1, 0.15) is 17.7 Å². The lowest BCUT2D eigenvalue weighted by Crippen LogP contribution is -2.18. The van der Waals surface area contributed by atoms with Crippen molar-refractivity contribution in [3.63, 3.8) is 0 Å². The van der Waals surface area contributed by atoms with Crippen molar-refractivity contribution in [3.8, 4) is 28.4 Å². The Morgan fingerprint density at radius 2 is 1.76 bits per heavy atom. The maximum atomic E-state index is 13.3. The average Bonchev–Trinajstić information content (AvgIpc) is 3.31. The van der Waals surface area contributed by atoms with E-state index in [0.717, 1.165) is 12.1 Å². The molecule has 0 aliphatic heterocycles. The molecule has 13 heteroatoms. The quantitative estimate of drug-likeness (QED) is 0.223. The van der Waals surface area contributed by atoms with Crippen molar-refractivity contribution >= 4 is 28.4 Å². The lowest BCUT2D eigenvalue weighted by Gasteiger charge is -2.14. The van der Waals surface area contributed by atoms with Gasteiger partial charge in [0.2, 0.25) is 0 Å². The molecule has 0 unspecified atom stereocenters. The molecule has 2 heterocycles. The molecule has 0 N–H and O–H groups in total. The molecule has 4 aromatic rings. The topological polar surface area (TPSA) is 62.1 Å². The molecule has 200 valence electrons. The number of ether oxygens (including phenoxy) is 3. The van der Waals surface area contributed by atoms with Gasteiger partial charge >= 0.3 is 12.5 Å². The minimum Gasteiger partial charge on any atom is -0.493 e. The number of halogens is 6. The van der Waals surface area contributed by atoms with E-state index >= 15 is 0 Å². The molecule has 0 radical (unpaired) electrons. The molecule has 0 aliphatic carbocycles. The smallest absolute Gasteiger partial charge is 0.493 e. The van der Waals surface area contributed by atoms with Crippen LogP contribution in [0.4, 0.5) is 26.3 Å². The Hall–Kier alpha value is -4.00. The monoisotopic (exact) mass is 556 g/mol. The Morgan fingerprint density at radius 3 is 2.42 bits per heavy atom. The van der Waals surface area contributed by atoms with E-state index in [4.69, 9.17) is 9.47 Å². The van der Waals surface area contributed by atoms with Crippen molar-refractivity contribution in [1.82, 2.24) is 9.38 Å². The number of hydrogen-bond acceptors (Lipinski definition) is 6. The Bertz CT molecular complexity index is 1510. The molecule has 0 fully saturated rings. The molecule has 2 aromatic heterocycles. The summed E-state index contributed by atoms with van der Waals surface area (Å²) >= 11 is 1.19. The van der Waals surface area contributed by atoms with Gasteiger partial charge < -0.3 is 14.2 Å². The lowest BCUT2D eigenvalue weighted by molar-refractivity contribution is -0.274. The molecule has 2 aromatic carbocycles. The fraction of sp³-hybridized carbons (Fsp3) is 0.200. The van der Waals surface area contributed by atoms with Gasteiger partial charge in [0, 0.05) is 17.1 Å². The Kier molecular flexibility index (Phi) is 7.67. The van der Waals surface area contributed by atoms with E-state index in [1.54, 1.807) is 17.5 Å². The van der Waals surface area contributed by atoms with Gasteiger partial charge in [-0.2, -0.15) is 13.2 Å². The summed E-state index contributed by atoms with van der Waals surface area (Å²) in [6, 6.07) is 9.47. The molecule has 0 saturated carbocycles. The number of rotatable bonds is 8. The SMILES string of the molecule is COc1cccc(/C=C/c2nc3sccn3c(=O)c2-c2ccc(OC(F)(F)F)cc2)c1OCCC(F)(F)F. The van der Waals surface area contributed by atoms with Crippen LogP contribution in [0.25, 0.3) is 28.2 Å². The summed E-state index contributed by atoms with van der Waals surface area (Å²) in [5, 5.41) is 1.65. The first-order valence-electron chi connectivity index (χ1n) is 10.9. The maximum absolute atomic E-state index is 13.3. The van der Waals surface area contributed by atoms with Gasteiger partial charge in [0.1, 0.15) is 5.75 Å². The van der Waals surface area contributed by atoms with Crippen molar-refractivity contribution in [3.05, 3.63) is 75.7 Å². The first-order valence-corrected chi connectivity index (χ1v) is 11.7. The second kappa shape index (κ2) is 10.8. The molecule has 6 nitrogen and oxygen atoms in total. The van der Waals surface area contributed by atoms with Gasteiger partial charge in [0.25, 0.3) is 5.56 Å². The van der Waals surface area contributed by atoms with E-state index in [-0.39, 0.29) is 28.3 Å². The summed E-state index contributed by atoms with van der Waals surface area (Å²) in [7, 11) is 1.34. The number of aromatic nitrogens is 2. The molecule has 0 atom stereocenters. The van der Waals surface area contributed by atoms with Crippen LogP contribution in [0.2, 0.25) is 0 Å². The fourth-order valence-corrected chi connectivity index (χ4v) is 4.24. The molecule has 4 rings (SSSR count). The van der Waals surface area contributed by atoms with Gasteiger partial charge in [-0.15, -0.1) is 24.5 Å². The predicted molar refractivity (Wildman–Crippen MR) is 130 cm³/mol. The summed E-state index contributed by atoms with van der Waals surface area (Å²) < 4.78 is 91.4. The molecule has 38 heavy (non-hydrogen) atoms. The second-order valence-electron chi connectivity index (χ2n) is 7.73. The normalized spacial score (nSPS) is 12.3. The van der Waals surface area contributed by atoms with Gasteiger partial charge in [-0.25, -0.2) is 4.98 Å². The third-order valence-electron chi connectivity index (χ3n) is 5.15. The van der Waals surface area contributed by atoms with Crippen molar-refractivity contribution in [1.29, 1.82) is 0 Å². The lowest BCUT2D eigenvalue weighted by atomic mass is 10.0. The first kappa shape index (κ1) is 27.0. The van der Waals surface area contributed by atoms with Crippen molar-refractivity contribution < 1.29 is 40.6 Å². The van der Waals surface area contributed by atoms with E-state index < -0.39 is 36.9 Å². The van der Waals surface area contributed by atoms with Crippen LogP contribution >= 0.6 is 11.3 Å². The molecule has 0 spiro atoms. The number of fused-ring (bicyclic) bond motifs is 1. The van der Waals surface area contributed by atoms with Gasteiger partial charge in [-0.05, 0) is 35.9 Å². The molecule has 0 aliphatic rings. The summed E-state index contributed by atoms with van der Waals surface area (Å²) in [6.45, 7) is -0.636. The zero-order valence-corrected chi connectivity index (χ0v) is 20.3. The number of alkyl halides is 6. The van der Waals surface area contributed by atoms with E-state index in [1.165, 1.54) is 59.4 Å². The van der Waals surface area contributed by atoms with Gasteiger partial charge in [-0.3, -0.25) is 9.20 Å². The number of nitrogens with zero attached hydrogens (tertiary/aromatic N) is 2. The number of methoxy groups -OCH3 is 1. The molecule has 0 amide bonds. The molecule has 0 bridgehead atoms. The largest absolute Gasteiger partial charge is 0.573 e. The van der Waals surface area contributed by atoms with Crippen LogP contribution in [0.15, 0.2) is 58.8 Å². The van der Waals surface area contributed by atoms with Crippen LogP contribution in [-0.4, -0.2) is 35.6 Å². The maximum Gasteiger partial charge on any atom is 0.573 e. The van der Waals surface area contributed by atoms with Gasteiger partial charge in [-0.1, -0.05) is 24.3 Å². The Balaban J connectivity index is 1.75. The highest BCUT2D eigenvalue weighted by Crippen LogP contribution is 2.34. The summed E-state index contributed by atoms with van der Waals surface area (Å²) in [6.07, 6.45) is -5.95. The van der Waals surface area contributed by atoms with E-state index in [2.05, 4.69) is 9.72 Å². The third-order valence-corrected chi connectivity index (χ3v) is 5.91. The van der Waals surface area contributed by atoms with Crippen molar-refractivity contribution in [2.75, 3.05) is 13.7 Å². The van der Waals surface area contributed by atoms with Crippen LogP contribution in [-0.2, 0) is 0 Å². The standard InChI is InChI=1S/C25H18F6N2O4S/c1-35-19-4-2-3-16(21(19)36-13-11-24(26,27)28)7-10-18-20(22(34)33-12-14-38-23(33)32-18)15-5-8-17(9-6-15)37-25(29,30)31/h2-10,12,14H,11,13H2,1H3/b10-7+. The Morgan fingerprint density at radius 1 is 1.03 bits per heavy atom. The van der Waals surface area contributed by atoms with Crippen LogP contribution in [0, 0.1) is 0 Å². The van der Waals surface area contributed by atoms with Gasteiger partial charge in [0.05, 0.1) is 31.4 Å². The zero-order valence-electron chi connectivity index (χ0n) is 19.5. The highest BCUT2D eigenvalue weighted by atomic mass is 32.1. The molecular weight excluding hydrogens is 538 g/mol. The number of para-hydroxylation sites is 1. The fourth-order valence-electron chi connectivity index (χ4n) is 3.53. The zero-order chi connectivity index (χ0) is 27.5. The Labute approximate surface area is 215 Å². The van der Waals surface area contributed by atoms with Crippen molar-refractivity contribution in [2.45, 2.75) is 19.0 Å². The highest BCUT2D eigenvalue weighted by Gasteiger charge is 2.31. The first-order chi connectivity index (χ1) is 17.9. The molecular formula is C25H18F6N2O4S. The third kappa shape index (κ3) is 6.46. The summed E-state index contributed by atoms with van der Waals surface area (Å²) in [5.41, 5.74) is 0.459. The number of hydrogen-bond donors (Lipinski definition) is 0. The predicted octanol–water partition coefficient (Wildman–Crippen LogP) is 6.83. The second-order valence-corrected chi connectivity index (χ2v) is 8.60. The summed E-state index contributed by atoms with van der Waals surface area (Å²) in [5.74, 6) is -0.184. The highest BCUT2D eigenvalue weighted by molar-refractivity contribution is 7.15. The van der Waals surface area contributed by atoms with Gasteiger partial charge in [0.15, 0.2) is 16.5 Å². The number of benzene rings is 2. The minimum atomic E-state index is -4.87. The average molecular weight is 556 g/mol. The van der Waals surface area contributed by atoms with Crippen LogP contribution in [0.3, 0.4) is 0 Å². The van der Waals surface area contributed by atoms with Crippen LogP contribution in [0.5, 0.6) is 17.2 Å². The van der Waals surface area contributed by atoms with Crippen LogP contribution < -0.4 is 19.8 Å².